The highest BCUT2D eigenvalue weighted by molar-refractivity contribution is 6.38. The van der Waals surface area contributed by atoms with Crippen molar-refractivity contribution in [3.63, 3.8) is 0 Å². The van der Waals surface area contributed by atoms with Crippen LogP contribution in [0.4, 0.5) is 0 Å². The first kappa shape index (κ1) is 20.8. The molecule has 0 bridgehead atoms. The average molecular weight is 450 g/mol. The summed E-state index contributed by atoms with van der Waals surface area (Å²) in [6.07, 6.45) is -1.93. The summed E-state index contributed by atoms with van der Waals surface area (Å²) in [7, 11) is 0. The maximum absolute atomic E-state index is 13.4. The molecule has 0 radical (unpaired) electrons. The molecule has 0 aliphatic heterocycles. The molecule has 4 atom stereocenters. The first-order valence-corrected chi connectivity index (χ1v) is 9.32. The number of benzene rings is 1. The Morgan fingerprint density at radius 1 is 1.16 bits per heavy atom. The van der Waals surface area contributed by atoms with Crippen molar-refractivity contribution >= 4 is 40.5 Å². The Bertz CT molecular complexity index is 1190. The molecular weight excluding hydrogens is 434 g/mol. The highest BCUT2D eigenvalue weighted by atomic mass is 35.5. The van der Waals surface area contributed by atoms with Gasteiger partial charge in [0.05, 0.1) is 17.6 Å². The third kappa shape index (κ3) is 2.42. The van der Waals surface area contributed by atoms with E-state index in [4.69, 9.17) is 23.2 Å². The van der Waals surface area contributed by atoms with E-state index in [2.05, 4.69) is 5.10 Å². The highest BCUT2D eigenvalue weighted by Crippen LogP contribution is 2.54. The number of nitrogens with two attached hydrogens (primary N) is 2. The number of carbonyl (C=O) groups is 3. The summed E-state index contributed by atoms with van der Waals surface area (Å²) in [5.74, 6) is -4.03. The SMILES string of the molecule is N/N=C1\C(O)=C(C(N)=O)C(=O)C2(O)C(=O)C3=C(O)c4c(O)ccc(Cl)c4C(O)C3CC12. The van der Waals surface area contributed by atoms with Crippen LogP contribution >= 0.6 is 11.6 Å². The van der Waals surface area contributed by atoms with Crippen molar-refractivity contribution < 1.29 is 39.9 Å². The number of Topliss-reactive ketones (excluding diaryl/α,β-unsaturated/α-hetero) is 2. The Balaban J connectivity index is 2.02. The molecule has 0 heterocycles. The zero-order valence-electron chi connectivity index (χ0n) is 15.5. The van der Waals surface area contributed by atoms with Crippen molar-refractivity contribution in [2.45, 2.75) is 18.1 Å². The fourth-order valence-electron chi connectivity index (χ4n) is 4.64. The van der Waals surface area contributed by atoms with Gasteiger partial charge in [-0.15, -0.1) is 0 Å². The van der Waals surface area contributed by atoms with E-state index in [0.29, 0.717) is 0 Å². The zero-order valence-corrected chi connectivity index (χ0v) is 16.3. The van der Waals surface area contributed by atoms with Crippen LogP contribution in [0, 0.1) is 11.8 Å². The van der Waals surface area contributed by atoms with Crippen molar-refractivity contribution in [1.82, 2.24) is 0 Å². The number of carbonyl (C=O) groups excluding carboxylic acids is 3. The number of aliphatic hydroxyl groups is 4. The lowest BCUT2D eigenvalue weighted by atomic mass is 9.57. The van der Waals surface area contributed by atoms with Crippen LogP contribution < -0.4 is 11.6 Å². The number of halogens is 1. The van der Waals surface area contributed by atoms with Gasteiger partial charge in [0.25, 0.3) is 5.91 Å². The van der Waals surface area contributed by atoms with Gasteiger partial charge in [-0.2, -0.15) is 5.10 Å². The highest BCUT2D eigenvalue weighted by Gasteiger charge is 2.65. The number of rotatable bonds is 1. The molecule has 12 heteroatoms. The predicted octanol–water partition coefficient (Wildman–Crippen LogP) is -0.507. The molecule has 1 aromatic carbocycles. The molecule has 0 spiro atoms. The number of hydrogen-bond donors (Lipinski definition) is 7. The maximum Gasteiger partial charge on any atom is 0.256 e. The van der Waals surface area contributed by atoms with Gasteiger partial charge >= 0.3 is 0 Å². The molecule has 1 aromatic rings. The zero-order chi connectivity index (χ0) is 23.0. The fourth-order valence-corrected chi connectivity index (χ4v) is 4.91. The molecule has 162 valence electrons. The normalized spacial score (nSPS) is 31.5. The van der Waals surface area contributed by atoms with Crippen LogP contribution in [0.15, 0.2) is 34.1 Å². The Kier molecular flexibility index (Phi) is 4.40. The van der Waals surface area contributed by atoms with Crippen LogP contribution in [0.5, 0.6) is 5.75 Å². The van der Waals surface area contributed by atoms with E-state index in [1.165, 1.54) is 6.07 Å². The van der Waals surface area contributed by atoms with Crippen molar-refractivity contribution in [1.29, 1.82) is 0 Å². The van der Waals surface area contributed by atoms with E-state index in [1.54, 1.807) is 0 Å². The van der Waals surface area contributed by atoms with Gasteiger partial charge in [0.2, 0.25) is 11.6 Å². The molecule has 11 nitrogen and oxygen atoms in total. The van der Waals surface area contributed by atoms with Gasteiger partial charge in [-0.1, -0.05) is 11.6 Å². The number of fused-ring (bicyclic) bond motifs is 3. The Labute approximate surface area is 178 Å². The number of nitrogens with zero attached hydrogens (tertiary/aromatic N) is 1. The Morgan fingerprint density at radius 3 is 2.39 bits per heavy atom. The fraction of sp³-hybridized carbons (Fsp3) is 0.263. The molecule has 3 aliphatic rings. The van der Waals surface area contributed by atoms with E-state index in [-0.39, 0.29) is 16.1 Å². The summed E-state index contributed by atoms with van der Waals surface area (Å²) >= 11 is 6.13. The summed E-state index contributed by atoms with van der Waals surface area (Å²) in [5, 5.41) is 56.7. The number of hydrazone groups is 1. The van der Waals surface area contributed by atoms with Crippen LogP contribution in [-0.2, 0) is 14.4 Å². The summed E-state index contributed by atoms with van der Waals surface area (Å²) in [6.45, 7) is 0. The number of allylic oxidation sites excluding steroid dienone is 1. The molecular formula is C19H16ClN3O8. The Morgan fingerprint density at radius 2 is 1.81 bits per heavy atom. The lowest BCUT2D eigenvalue weighted by Gasteiger charge is -2.46. The first-order valence-electron chi connectivity index (χ1n) is 8.94. The summed E-state index contributed by atoms with van der Waals surface area (Å²) < 4.78 is 0. The molecule has 31 heavy (non-hydrogen) atoms. The lowest BCUT2D eigenvalue weighted by molar-refractivity contribution is -0.155. The van der Waals surface area contributed by atoms with E-state index in [9.17, 15) is 39.9 Å². The van der Waals surface area contributed by atoms with Crippen LogP contribution in [0.3, 0.4) is 0 Å². The second-order valence-corrected chi connectivity index (χ2v) is 7.89. The van der Waals surface area contributed by atoms with E-state index in [0.717, 1.165) is 6.07 Å². The van der Waals surface area contributed by atoms with Crippen molar-refractivity contribution in [2.75, 3.05) is 0 Å². The quantitative estimate of drug-likeness (QED) is 0.127. The smallest absolute Gasteiger partial charge is 0.256 e. The van der Waals surface area contributed by atoms with Crippen molar-refractivity contribution in [3.05, 3.63) is 45.2 Å². The maximum atomic E-state index is 13.4. The summed E-state index contributed by atoms with van der Waals surface area (Å²) in [5.41, 5.74) is -0.406. The third-order valence-electron chi connectivity index (χ3n) is 6.06. The monoisotopic (exact) mass is 449 g/mol. The molecule has 4 rings (SSSR count). The summed E-state index contributed by atoms with van der Waals surface area (Å²) in [4.78, 5) is 38.0. The minimum atomic E-state index is -2.99. The van der Waals surface area contributed by atoms with Gasteiger partial charge in [-0.25, -0.2) is 0 Å². The molecule has 1 saturated carbocycles. The van der Waals surface area contributed by atoms with Gasteiger partial charge in [-0.3, -0.25) is 14.4 Å². The topological polar surface area (TPSA) is 217 Å². The van der Waals surface area contributed by atoms with E-state index >= 15 is 0 Å². The number of phenolic OH excluding ortho intramolecular Hbond substituents is 1. The van der Waals surface area contributed by atoms with Gasteiger partial charge in [0, 0.05) is 22.1 Å². The number of phenols is 1. The number of amides is 1. The molecule has 4 unspecified atom stereocenters. The molecule has 0 saturated heterocycles. The standard InChI is InChI=1S/C19H16ClN3O8/c20-6-1-2-7(24)10-9(6)13(25)4-3-5-12(23-22)15(27)11(18(21)30)17(29)19(5,31)16(28)8(4)14(10)26/h1-2,4-5,13,24-27,31H,3,22H2,(H2,21,30)/b23-12-. The van der Waals surface area contributed by atoms with Crippen LogP contribution in [-0.4, -0.2) is 54.3 Å². The van der Waals surface area contributed by atoms with Crippen LogP contribution in [0.25, 0.3) is 5.76 Å². The first-order chi connectivity index (χ1) is 14.5. The lowest BCUT2D eigenvalue weighted by Crippen LogP contribution is -2.64. The van der Waals surface area contributed by atoms with E-state index < -0.39 is 81.6 Å². The van der Waals surface area contributed by atoms with Gasteiger partial charge in [-0.05, 0) is 18.6 Å². The number of aromatic hydroxyl groups is 1. The van der Waals surface area contributed by atoms with Crippen molar-refractivity contribution in [2.24, 2.45) is 28.5 Å². The molecule has 9 N–H and O–H groups in total. The predicted molar refractivity (Wildman–Crippen MR) is 105 cm³/mol. The second kappa shape index (κ2) is 6.54. The van der Waals surface area contributed by atoms with E-state index in [1.807, 2.05) is 0 Å². The largest absolute Gasteiger partial charge is 0.507 e. The van der Waals surface area contributed by atoms with Gasteiger partial charge < -0.3 is 37.1 Å². The minimum Gasteiger partial charge on any atom is -0.507 e. The second-order valence-electron chi connectivity index (χ2n) is 7.48. The van der Waals surface area contributed by atoms with Crippen molar-refractivity contribution in [3.8, 4) is 5.75 Å². The molecule has 3 aliphatic carbocycles. The molecule has 1 fully saturated rings. The minimum absolute atomic E-state index is 0.00891. The number of primary amides is 1. The number of hydrogen-bond acceptors (Lipinski definition) is 10. The number of ketones is 2. The molecule has 1 amide bonds. The van der Waals surface area contributed by atoms with Crippen LogP contribution in [0.2, 0.25) is 5.02 Å². The number of aliphatic hydroxyl groups excluding tert-OH is 3. The summed E-state index contributed by atoms with van der Waals surface area (Å²) in [6, 6.07) is 2.41. The average Bonchev–Trinajstić information content (AvgIpc) is 2.70. The third-order valence-corrected chi connectivity index (χ3v) is 6.39. The molecule has 0 aromatic heterocycles. The Hall–Kier alpha value is -3.41. The van der Waals surface area contributed by atoms with Gasteiger partial charge in [0.15, 0.2) is 11.4 Å². The van der Waals surface area contributed by atoms with Gasteiger partial charge in [0.1, 0.15) is 22.8 Å². The van der Waals surface area contributed by atoms with Crippen LogP contribution in [0.1, 0.15) is 23.7 Å².